The highest BCUT2D eigenvalue weighted by atomic mass is 16.5. The largest absolute Gasteiger partial charge is 0.383 e. The van der Waals surface area contributed by atoms with Crippen LogP contribution in [0, 0.1) is 5.41 Å². The van der Waals surface area contributed by atoms with Crippen LogP contribution in [0.2, 0.25) is 0 Å². The van der Waals surface area contributed by atoms with Crippen LogP contribution in [0.25, 0.3) is 0 Å². The Hall–Kier alpha value is -0.160. The average molecular weight is 258 g/mol. The first-order valence-electron chi connectivity index (χ1n) is 7.09. The van der Waals surface area contributed by atoms with Crippen LogP contribution in [0.5, 0.6) is 0 Å². The molecule has 1 rings (SSSR count). The normalized spacial score (nSPS) is 19.8. The van der Waals surface area contributed by atoms with E-state index in [1.54, 1.807) is 14.2 Å². The third-order valence-corrected chi connectivity index (χ3v) is 4.39. The Kier molecular flexibility index (Phi) is 7.15. The van der Waals surface area contributed by atoms with Crippen LogP contribution >= 0.6 is 0 Å². The van der Waals surface area contributed by atoms with Crippen molar-refractivity contribution in [2.45, 2.75) is 38.6 Å². The number of nitrogens with zero attached hydrogens (tertiary/aromatic N) is 1. The van der Waals surface area contributed by atoms with Crippen LogP contribution in [0.3, 0.4) is 0 Å². The zero-order valence-electron chi connectivity index (χ0n) is 12.3. The van der Waals surface area contributed by atoms with Gasteiger partial charge in [0.25, 0.3) is 0 Å². The highest BCUT2D eigenvalue weighted by molar-refractivity contribution is 4.89. The van der Waals surface area contributed by atoms with Crippen molar-refractivity contribution >= 4 is 0 Å². The second-order valence-electron chi connectivity index (χ2n) is 5.64. The van der Waals surface area contributed by atoms with E-state index < -0.39 is 0 Å². The molecule has 0 aromatic heterocycles. The van der Waals surface area contributed by atoms with Crippen molar-refractivity contribution < 1.29 is 9.47 Å². The second kappa shape index (κ2) is 8.10. The SMILES string of the molecule is COCCN(CCC1(CN)CCC1)C(C)COC. The number of hydrogen-bond acceptors (Lipinski definition) is 4. The van der Waals surface area contributed by atoms with Crippen LogP contribution in [0.4, 0.5) is 0 Å². The molecule has 0 aromatic carbocycles. The van der Waals surface area contributed by atoms with Crippen molar-refractivity contribution in [1.29, 1.82) is 0 Å². The number of rotatable bonds is 10. The summed E-state index contributed by atoms with van der Waals surface area (Å²) in [4.78, 5) is 2.46. The molecular formula is C14H30N2O2. The van der Waals surface area contributed by atoms with Gasteiger partial charge in [0.2, 0.25) is 0 Å². The van der Waals surface area contributed by atoms with Gasteiger partial charge in [0.15, 0.2) is 0 Å². The fourth-order valence-electron chi connectivity index (χ4n) is 2.72. The number of ether oxygens (including phenoxy) is 2. The molecule has 18 heavy (non-hydrogen) atoms. The summed E-state index contributed by atoms with van der Waals surface area (Å²) in [5.41, 5.74) is 6.35. The summed E-state index contributed by atoms with van der Waals surface area (Å²) in [5, 5.41) is 0. The van der Waals surface area contributed by atoms with E-state index in [1.165, 1.54) is 25.7 Å². The van der Waals surface area contributed by atoms with E-state index in [2.05, 4.69) is 11.8 Å². The lowest BCUT2D eigenvalue weighted by molar-refractivity contribution is 0.0495. The summed E-state index contributed by atoms with van der Waals surface area (Å²) in [7, 11) is 3.52. The van der Waals surface area contributed by atoms with Crippen LogP contribution in [0.1, 0.15) is 32.6 Å². The minimum atomic E-state index is 0.429. The molecule has 1 saturated carbocycles. The van der Waals surface area contributed by atoms with E-state index in [1.807, 2.05) is 0 Å². The van der Waals surface area contributed by atoms with Gasteiger partial charge in [-0.25, -0.2) is 0 Å². The molecule has 1 atom stereocenters. The molecule has 108 valence electrons. The zero-order chi connectivity index (χ0) is 13.4. The molecule has 0 radical (unpaired) electrons. The van der Waals surface area contributed by atoms with Gasteiger partial charge in [0.05, 0.1) is 13.2 Å². The van der Waals surface area contributed by atoms with Crippen LogP contribution in [0.15, 0.2) is 0 Å². The molecule has 0 amide bonds. The molecule has 0 aromatic rings. The minimum Gasteiger partial charge on any atom is -0.383 e. The Bertz CT molecular complexity index is 214. The quantitative estimate of drug-likeness (QED) is 0.645. The summed E-state index contributed by atoms with van der Waals surface area (Å²) in [6, 6.07) is 0.444. The maximum absolute atomic E-state index is 5.92. The molecule has 1 aliphatic rings. The van der Waals surface area contributed by atoms with Gasteiger partial charge in [-0.3, -0.25) is 4.90 Å². The van der Waals surface area contributed by atoms with E-state index in [9.17, 15) is 0 Å². The van der Waals surface area contributed by atoms with Crippen LogP contribution < -0.4 is 5.73 Å². The molecule has 1 aliphatic carbocycles. The van der Waals surface area contributed by atoms with Crippen molar-refractivity contribution in [1.82, 2.24) is 4.90 Å². The average Bonchev–Trinajstić information content (AvgIpc) is 2.32. The molecule has 0 heterocycles. The minimum absolute atomic E-state index is 0.429. The lowest BCUT2D eigenvalue weighted by Gasteiger charge is -2.43. The van der Waals surface area contributed by atoms with Gasteiger partial charge in [0, 0.05) is 26.8 Å². The Morgan fingerprint density at radius 3 is 2.39 bits per heavy atom. The third-order valence-electron chi connectivity index (χ3n) is 4.39. The first kappa shape index (κ1) is 15.9. The lowest BCUT2D eigenvalue weighted by atomic mass is 9.66. The van der Waals surface area contributed by atoms with Crippen molar-refractivity contribution in [2.24, 2.45) is 11.1 Å². The monoisotopic (exact) mass is 258 g/mol. The summed E-state index contributed by atoms with van der Waals surface area (Å²) in [6.45, 7) is 6.69. The van der Waals surface area contributed by atoms with E-state index in [0.29, 0.717) is 11.5 Å². The van der Waals surface area contributed by atoms with Gasteiger partial charge in [-0.15, -0.1) is 0 Å². The zero-order valence-corrected chi connectivity index (χ0v) is 12.3. The maximum atomic E-state index is 5.92. The van der Waals surface area contributed by atoms with Gasteiger partial charge < -0.3 is 15.2 Å². The lowest BCUT2D eigenvalue weighted by Crippen LogP contribution is -2.44. The standard InChI is InChI=1S/C14H30N2O2/c1-13(11-18-3)16(9-10-17-2)8-7-14(12-15)5-4-6-14/h13H,4-12,15H2,1-3H3. The van der Waals surface area contributed by atoms with Gasteiger partial charge in [0.1, 0.15) is 0 Å². The van der Waals surface area contributed by atoms with Gasteiger partial charge in [-0.2, -0.15) is 0 Å². The molecule has 4 nitrogen and oxygen atoms in total. The van der Waals surface area contributed by atoms with Crippen molar-refractivity contribution in [3.05, 3.63) is 0 Å². The predicted octanol–water partition coefficient (Wildman–Crippen LogP) is 1.49. The van der Waals surface area contributed by atoms with E-state index >= 15 is 0 Å². The van der Waals surface area contributed by atoms with E-state index in [4.69, 9.17) is 15.2 Å². The molecule has 0 bridgehead atoms. The Morgan fingerprint density at radius 2 is 1.94 bits per heavy atom. The topological polar surface area (TPSA) is 47.7 Å². The summed E-state index contributed by atoms with van der Waals surface area (Å²) >= 11 is 0. The fourth-order valence-corrected chi connectivity index (χ4v) is 2.72. The van der Waals surface area contributed by atoms with Crippen LogP contribution in [-0.4, -0.2) is 58.0 Å². The number of methoxy groups -OCH3 is 2. The molecule has 0 spiro atoms. The highest BCUT2D eigenvalue weighted by Crippen LogP contribution is 2.43. The Morgan fingerprint density at radius 1 is 1.22 bits per heavy atom. The fraction of sp³-hybridized carbons (Fsp3) is 1.00. The molecule has 1 unspecified atom stereocenters. The smallest absolute Gasteiger partial charge is 0.0615 e. The molecule has 1 fully saturated rings. The third kappa shape index (κ3) is 4.50. The van der Waals surface area contributed by atoms with Gasteiger partial charge in [-0.1, -0.05) is 6.42 Å². The van der Waals surface area contributed by atoms with Gasteiger partial charge >= 0.3 is 0 Å². The predicted molar refractivity (Wildman–Crippen MR) is 74.7 cm³/mol. The summed E-state index contributed by atoms with van der Waals surface area (Å²) in [6.07, 6.45) is 5.17. The first-order valence-corrected chi connectivity index (χ1v) is 7.09. The molecular weight excluding hydrogens is 228 g/mol. The first-order chi connectivity index (χ1) is 8.67. The molecule has 2 N–H and O–H groups in total. The Labute approximate surface area is 112 Å². The highest BCUT2D eigenvalue weighted by Gasteiger charge is 2.35. The Balaban J connectivity index is 2.39. The van der Waals surface area contributed by atoms with E-state index in [-0.39, 0.29) is 0 Å². The number of hydrogen-bond donors (Lipinski definition) is 1. The van der Waals surface area contributed by atoms with Crippen molar-refractivity contribution in [2.75, 3.05) is 47.1 Å². The number of nitrogens with two attached hydrogens (primary N) is 1. The summed E-state index contributed by atoms with van der Waals surface area (Å²) in [5.74, 6) is 0. The van der Waals surface area contributed by atoms with Gasteiger partial charge in [-0.05, 0) is 44.7 Å². The maximum Gasteiger partial charge on any atom is 0.0615 e. The van der Waals surface area contributed by atoms with Crippen molar-refractivity contribution in [3.8, 4) is 0 Å². The van der Waals surface area contributed by atoms with Crippen molar-refractivity contribution in [3.63, 3.8) is 0 Å². The van der Waals surface area contributed by atoms with Crippen LogP contribution in [-0.2, 0) is 9.47 Å². The molecule has 4 heteroatoms. The molecule has 0 saturated heterocycles. The molecule has 0 aliphatic heterocycles. The summed E-state index contributed by atoms with van der Waals surface area (Å²) < 4.78 is 10.4. The second-order valence-corrected chi connectivity index (χ2v) is 5.64. The van der Waals surface area contributed by atoms with E-state index in [0.717, 1.165) is 32.8 Å².